The van der Waals surface area contributed by atoms with Crippen LogP contribution in [0.4, 0.5) is 5.69 Å². The monoisotopic (exact) mass is 480 g/mol. The molecule has 2 rings (SSSR count). The van der Waals surface area contributed by atoms with E-state index in [1.807, 2.05) is 76.2 Å². The number of unbranched alkanes of at least 4 members (excludes halogenated alkanes) is 1. The van der Waals surface area contributed by atoms with Crippen LogP contribution in [-0.4, -0.2) is 28.8 Å². The third-order valence-corrected chi connectivity index (χ3v) is 5.18. The summed E-state index contributed by atoms with van der Waals surface area (Å²) in [7, 11) is 0. The SMILES string of the molecule is C/C=C\N=C(\Nc1ccc(Oc2ccc(C)nc2)cc1)N(C=O)C/C(C)=C/CC/C=C(/Cl)CC. The van der Waals surface area contributed by atoms with Crippen LogP contribution < -0.4 is 10.1 Å². The first kappa shape index (κ1) is 26.9. The highest BCUT2D eigenvalue weighted by molar-refractivity contribution is 6.29. The molecule has 0 bridgehead atoms. The van der Waals surface area contributed by atoms with Crippen molar-refractivity contribution in [3.63, 3.8) is 0 Å². The van der Waals surface area contributed by atoms with Crippen molar-refractivity contribution in [1.82, 2.24) is 9.88 Å². The fraction of sp³-hybridized carbons (Fsp3) is 0.296. The van der Waals surface area contributed by atoms with E-state index in [0.717, 1.165) is 47.7 Å². The molecule has 180 valence electrons. The molecule has 0 spiro atoms. The zero-order valence-electron chi connectivity index (χ0n) is 20.3. The number of hydrogen-bond acceptors (Lipinski definition) is 4. The number of carbonyl (C=O) groups is 1. The van der Waals surface area contributed by atoms with E-state index in [0.29, 0.717) is 24.0 Å². The zero-order valence-corrected chi connectivity index (χ0v) is 21.0. The van der Waals surface area contributed by atoms with Gasteiger partial charge in [-0.1, -0.05) is 42.3 Å². The molecule has 1 aromatic heterocycles. The highest BCUT2D eigenvalue weighted by atomic mass is 35.5. The molecule has 7 heteroatoms. The Bertz CT molecular complexity index is 1030. The third kappa shape index (κ3) is 9.63. The minimum Gasteiger partial charge on any atom is -0.456 e. The molecule has 6 nitrogen and oxygen atoms in total. The van der Waals surface area contributed by atoms with E-state index in [2.05, 4.69) is 21.4 Å². The fourth-order valence-corrected chi connectivity index (χ4v) is 3.03. The average molecular weight is 481 g/mol. The number of halogens is 1. The standard InChI is InChI=1S/C27H33ClN4O2/c1-5-17-29-27(32(20-33)19-21(3)9-7-8-10-23(28)6-2)31-24-12-15-25(16-13-24)34-26-14-11-22(4)30-18-26/h5,9-18,20H,6-8,19H2,1-4H3,(H,29,31)/b17-5-,21-9+,23-10+. The lowest BCUT2D eigenvalue weighted by Gasteiger charge is -2.21. The Labute approximate surface area is 207 Å². The van der Waals surface area contributed by atoms with Gasteiger partial charge in [0.1, 0.15) is 11.5 Å². The van der Waals surface area contributed by atoms with Crippen molar-refractivity contribution in [2.24, 2.45) is 4.99 Å². The van der Waals surface area contributed by atoms with Crippen molar-refractivity contribution in [2.75, 3.05) is 11.9 Å². The van der Waals surface area contributed by atoms with Crippen LogP contribution in [0.25, 0.3) is 0 Å². The molecule has 0 radical (unpaired) electrons. The number of ether oxygens (including phenoxy) is 1. The average Bonchev–Trinajstić information content (AvgIpc) is 2.85. The van der Waals surface area contributed by atoms with E-state index in [4.69, 9.17) is 16.3 Å². The zero-order chi connectivity index (χ0) is 24.8. The van der Waals surface area contributed by atoms with E-state index in [-0.39, 0.29) is 0 Å². The summed E-state index contributed by atoms with van der Waals surface area (Å²) >= 11 is 6.06. The van der Waals surface area contributed by atoms with E-state index >= 15 is 0 Å². The minimum absolute atomic E-state index is 0.430. The van der Waals surface area contributed by atoms with Gasteiger partial charge in [0.05, 0.1) is 6.20 Å². The van der Waals surface area contributed by atoms with Gasteiger partial charge in [-0.05, 0) is 76.4 Å². The number of amides is 1. The number of benzene rings is 1. The van der Waals surface area contributed by atoms with Crippen LogP contribution >= 0.6 is 11.6 Å². The van der Waals surface area contributed by atoms with Crippen LogP contribution in [0.3, 0.4) is 0 Å². The Morgan fingerprint density at radius 2 is 1.85 bits per heavy atom. The van der Waals surface area contributed by atoms with Crippen LogP contribution in [0.15, 0.2) is 82.6 Å². The number of guanidine groups is 1. The summed E-state index contributed by atoms with van der Waals surface area (Å²) in [6.45, 7) is 8.26. The first-order valence-corrected chi connectivity index (χ1v) is 11.7. The summed E-state index contributed by atoms with van der Waals surface area (Å²) in [5.41, 5.74) is 2.78. The number of aryl methyl sites for hydroxylation is 1. The predicted octanol–water partition coefficient (Wildman–Crippen LogP) is 7.20. The number of carbonyl (C=O) groups excluding carboxylic acids is 1. The van der Waals surface area contributed by atoms with Crippen LogP contribution in [0.5, 0.6) is 11.5 Å². The van der Waals surface area contributed by atoms with Gasteiger partial charge in [-0.15, -0.1) is 0 Å². The lowest BCUT2D eigenvalue weighted by Crippen LogP contribution is -2.36. The third-order valence-electron chi connectivity index (χ3n) is 4.76. The Hall–Kier alpha value is -3.38. The summed E-state index contributed by atoms with van der Waals surface area (Å²) in [4.78, 5) is 22.1. The number of anilines is 1. The number of pyridine rings is 1. The maximum absolute atomic E-state index is 11.9. The van der Waals surface area contributed by atoms with Crippen LogP contribution in [-0.2, 0) is 4.79 Å². The Kier molecular flexibility index (Phi) is 11.6. The smallest absolute Gasteiger partial charge is 0.216 e. The van der Waals surface area contributed by atoms with Crippen molar-refractivity contribution >= 4 is 29.7 Å². The molecule has 0 aliphatic rings. The number of aromatic nitrogens is 1. The topological polar surface area (TPSA) is 66.8 Å². The molecule has 1 amide bonds. The van der Waals surface area contributed by atoms with E-state index in [1.54, 1.807) is 17.3 Å². The molecular formula is C27H33ClN4O2. The van der Waals surface area contributed by atoms with Gasteiger partial charge in [0.25, 0.3) is 0 Å². The summed E-state index contributed by atoms with van der Waals surface area (Å²) in [6, 6.07) is 11.2. The number of hydrogen-bond donors (Lipinski definition) is 1. The number of aliphatic imine (C=N–C) groups is 1. The van der Waals surface area contributed by atoms with Crippen molar-refractivity contribution in [3.8, 4) is 11.5 Å². The van der Waals surface area contributed by atoms with Gasteiger partial charge in [-0.2, -0.15) is 0 Å². The molecule has 0 atom stereocenters. The summed E-state index contributed by atoms with van der Waals surface area (Å²) in [5.74, 6) is 1.79. The summed E-state index contributed by atoms with van der Waals surface area (Å²) in [5, 5.41) is 4.10. The highest BCUT2D eigenvalue weighted by Crippen LogP contribution is 2.22. The van der Waals surface area contributed by atoms with E-state index < -0.39 is 0 Å². The molecule has 2 aromatic rings. The molecule has 0 aliphatic heterocycles. The largest absolute Gasteiger partial charge is 0.456 e. The quantitative estimate of drug-likeness (QED) is 0.121. The van der Waals surface area contributed by atoms with Crippen molar-refractivity contribution in [3.05, 3.63) is 83.3 Å². The van der Waals surface area contributed by atoms with E-state index in [9.17, 15) is 4.79 Å². The van der Waals surface area contributed by atoms with E-state index in [1.165, 1.54) is 0 Å². The lowest BCUT2D eigenvalue weighted by molar-refractivity contribution is -0.114. The molecule has 0 saturated heterocycles. The van der Waals surface area contributed by atoms with Gasteiger partial charge >= 0.3 is 0 Å². The lowest BCUT2D eigenvalue weighted by atomic mass is 10.2. The first-order valence-electron chi connectivity index (χ1n) is 11.3. The summed E-state index contributed by atoms with van der Waals surface area (Å²) in [6.07, 6.45) is 12.7. The molecule has 1 aromatic carbocycles. The maximum Gasteiger partial charge on any atom is 0.216 e. The van der Waals surface area contributed by atoms with Gasteiger partial charge in [-0.3, -0.25) is 14.7 Å². The molecule has 1 heterocycles. The highest BCUT2D eigenvalue weighted by Gasteiger charge is 2.11. The van der Waals surface area contributed by atoms with Crippen LogP contribution in [0.2, 0.25) is 0 Å². The van der Waals surface area contributed by atoms with Gasteiger partial charge < -0.3 is 10.1 Å². The van der Waals surface area contributed by atoms with Crippen LogP contribution in [0.1, 0.15) is 45.7 Å². The maximum atomic E-state index is 11.9. The molecule has 1 N–H and O–H groups in total. The Morgan fingerprint density at radius 3 is 2.47 bits per heavy atom. The molecule has 0 unspecified atom stereocenters. The Balaban J connectivity index is 2.05. The second-order valence-electron chi connectivity index (χ2n) is 7.69. The van der Waals surface area contributed by atoms with Crippen LogP contribution in [0, 0.1) is 6.92 Å². The number of allylic oxidation sites excluding steroid dienone is 4. The second kappa shape index (κ2) is 14.7. The van der Waals surface area contributed by atoms with Crippen molar-refractivity contribution in [2.45, 2.75) is 47.0 Å². The van der Waals surface area contributed by atoms with Gasteiger partial charge in [0.2, 0.25) is 12.4 Å². The molecule has 0 saturated carbocycles. The molecule has 0 aliphatic carbocycles. The Morgan fingerprint density at radius 1 is 1.15 bits per heavy atom. The molecule has 34 heavy (non-hydrogen) atoms. The number of nitrogens with zero attached hydrogens (tertiary/aromatic N) is 3. The van der Waals surface area contributed by atoms with Crippen molar-refractivity contribution in [1.29, 1.82) is 0 Å². The van der Waals surface area contributed by atoms with Crippen molar-refractivity contribution < 1.29 is 9.53 Å². The fourth-order valence-electron chi connectivity index (χ4n) is 2.92. The minimum atomic E-state index is 0.430. The van der Waals surface area contributed by atoms with Gasteiger partial charge in [0.15, 0.2) is 0 Å². The van der Waals surface area contributed by atoms with Gasteiger partial charge in [0, 0.05) is 29.2 Å². The first-order chi connectivity index (χ1) is 16.4. The normalized spacial score (nSPS) is 12.7. The number of nitrogens with one attached hydrogen (secondary N) is 1. The second-order valence-corrected chi connectivity index (χ2v) is 8.17. The summed E-state index contributed by atoms with van der Waals surface area (Å²) < 4.78 is 5.83. The van der Waals surface area contributed by atoms with Gasteiger partial charge in [-0.25, -0.2) is 4.99 Å². The molecule has 0 fully saturated rings. The predicted molar refractivity (Wildman–Crippen MR) is 141 cm³/mol. The number of rotatable bonds is 11. The molecular weight excluding hydrogens is 448 g/mol.